The molecule has 9 heteroatoms. The van der Waals surface area contributed by atoms with E-state index in [1.54, 1.807) is 37.4 Å². The first-order valence-electron chi connectivity index (χ1n) is 8.59. The van der Waals surface area contributed by atoms with Crippen molar-refractivity contribution in [1.82, 2.24) is 9.88 Å². The fourth-order valence-electron chi connectivity index (χ4n) is 2.90. The van der Waals surface area contributed by atoms with Crippen molar-refractivity contribution in [2.24, 2.45) is 0 Å². The van der Waals surface area contributed by atoms with Gasteiger partial charge in [0, 0.05) is 30.2 Å². The van der Waals surface area contributed by atoms with Gasteiger partial charge < -0.3 is 15.0 Å². The van der Waals surface area contributed by atoms with Gasteiger partial charge in [0.15, 0.2) is 0 Å². The minimum atomic E-state index is -3.85. The molecular formula is C20H19N3O5S. The van der Waals surface area contributed by atoms with Gasteiger partial charge in [-0.15, -0.1) is 0 Å². The van der Waals surface area contributed by atoms with E-state index in [1.165, 1.54) is 41.9 Å². The van der Waals surface area contributed by atoms with E-state index in [0.717, 1.165) is 0 Å². The third-order valence-electron chi connectivity index (χ3n) is 4.33. The van der Waals surface area contributed by atoms with Crippen LogP contribution in [0.4, 0.5) is 5.69 Å². The molecule has 0 spiro atoms. The summed E-state index contributed by atoms with van der Waals surface area (Å²) in [4.78, 5) is 22.9. The molecule has 0 fully saturated rings. The van der Waals surface area contributed by atoms with Gasteiger partial charge in [-0.2, -0.15) is 0 Å². The standard InChI is InChI=1S/C20H19N3O5S/c1-13-12-15(7-10-17(13)23-11-3-4-18(23)20(25)26)22-29(27,28)16-8-5-14(6-9-16)19(24)21-2/h3-12,22H,1-2H3,(H,21,24)(H,25,26). The zero-order valence-corrected chi connectivity index (χ0v) is 16.5. The van der Waals surface area contributed by atoms with Crippen molar-refractivity contribution < 1.29 is 23.1 Å². The van der Waals surface area contributed by atoms with Gasteiger partial charge in [-0.3, -0.25) is 9.52 Å². The number of carbonyl (C=O) groups is 2. The Morgan fingerprint density at radius 2 is 1.72 bits per heavy atom. The normalized spacial score (nSPS) is 11.1. The van der Waals surface area contributed by atoms with Crippen LogP contribution >= 0.6 is 0 Å². The molecule has 1 amide bonds. The first-order valence-corrected chi connectivity index (χ1v) is 10.1. The number of sulfonamides is 1. The molecule has 0 unspecified atom stereocenters. The molecule has 150 valence electrons. The molecule has 0 aliphatic heterocycles. The van der Waals surface area contributed by atoms with E-state index in [9.17, 15) is 23.1 Å². The molecule has 0 radical (unpaired) electrons. The Balaban J connectivity index is 1.86. The molecule has 0 aliphatic rings. The van der Waals surface area contributed by atoms with Crippen LogP contribution in [0.1, 0.15) is 26.4 Å². The summed E-state index contributed by atoms with van der Waals surface area (Å²) in [5, 5.41) is 11.7. The van der Waals surface area contributed by atoms with Crippen LogP contribution in [-0.2, 0) is 10.0 Å². The van der Waals surface area contributed by atoms with Crippen molar-refractivity contribution >= 4 is 27.6 Å². The predicted molar refractivity (Wildman–Crippen MR) is 108 cm³/mol. The molecule has 0 saturated carbocycles. The van der Waals surface area contributed by atoms with Crippen LogP contribution in [0.2, 0.25) is 0 Å². The van der Waals surface area contributed by atoms with Gasteiger partial charge in [-0.1, -0.05) is 0 Å². The number of aryl methyl sites for hydroxylation is 1. The third kappa shape index (κ3) is 4.14. The Morgan fingerprint density at radius 1 is 1.03 bits per heavy atom. The summed E-state index contributed by atoms with van der Waals surface area (Å²) in [6.45, 7) is 1.76. The highest BCUT2D eigenvalue weighted by Gasteiger charge is 2.17. The van der Waals surface area contributed by atoms with E-state index in [1.807, 2.05) is 0 Å². The smallest absolute Gasteiger partial charge is 0.352 e. The van der Waals surface area contributed by atoms with Crippen LogP contribution < -0.4 is 10.0 Å². The Labute approximate surface area is 167 Å². The largest absolute Gasteiger partial charge is 0.477 e. The summed E-state index contributed by atoms with van der Waals surface area (Å²) in [7, 11) is -2.36. The quantitative estimate of drug-likeness (QED) is 0.574. The lowest BCUT2D eigenvalue weighted by Gasteiger charge is -2.13. The second kappa shape index (κ2) is 7.80. The summed E-state index contributed by atoms with van der Waals surface area (Å²) < 4.78 is 29.3. The second-order valence-electron chi connectivity index (χ2n) is 6.28. The van der Waals surface area contributed by atoms with Crippen molar-refractivity contribution in [3.8, 4) is 5.69 Å². The Hall–Kier alpha value is -3.59. The molecule has 0 atom stereocenters. The fourth-order valence-corrected chi connectivity index (χ4v) is 3.95. The number of nitrogens with zero attached hydrogens (tertiary/aromatic N) is 1. The SMILES string of the molecule is CNC(=O)c1ccc(S(=O)(=O)Nc2ccc(-n3cccc3C(=O)O)c(C)c2)cc1. The number of aromatic carboxylic acids is 1. The molecule has 3 N–H and O–H groups in total. The van der Waals surface area contributed by atoms with E-state index in [0.29, 0.717) is 22.5 Å². The molecule has 0 aliphatic carbocycles. The molecule has 8 nitrogen and oxygen atoms in total. The van der Waals surface area contributed by atoms with E-state index in [4.69, 9.17) is 0 Å². The topological polar surface area (TPSA) is 117 Å². The molecule has 0 saturated heterocycles. The van der Waals surface area contributed by atoms with Crippen LogP contribution in [0.3, 0.4) is 0 Å². The number of rotatable bonds is 6. The monoisotopic (exact) mass is 413 g/mol. The van der Waals surface area contributed by atoms with Crippen molar-refractivity contribution in [2.75, 3.05) is 11.8 Å². The highest BCUT2D eigenvalue weighted by Crippen LogP contribution is 2.23. The highest BCUT2D eigenvalue weighted by atomic mass is 32.2. The van der Waals surface area contributed by atoms with E-state index < -0.39 is 16.0 Å². The van der Waals surface area contributed by atoms with Crippen molar-refractivity contribution in [3.05, 3.63) is 77.6 Å². The summed E-state index contributed by atoms with van der Waals surface area (Å²) in [5.74, 6) is -1.36. The maximum absolute atomic E-state index is 12.6. The first-order chi connectivity index (χ1) is 13.7. The van der Waals surface area contributed by atoms with Crippen LogP contribution in [0.5, 0.6) is 0 Å². The number of nitrogens with one attached hydrogen (secondary N) is 2. The van der Waals surface area contributed by atoms with Gasteiger partial charge in [-0.05, 0) is 67.1 Å². The summed E-state index contributed by atoms with van der Waals surface area (Å²) in [6, 6.07) is 13.5. The molecule has 3 aromatic rings. The van der Waals surface area contributed by atoms with Gasteiger partial charge >= 0.3 is 5.97 Å². The first kappa shape index (κ1) is 20.2. The number of aromatic nitrogens is 1. The number of hydrogen-bond donors (Lipinski definition) is 3. The van der Waals surface area contributed by atoms with Crippen molar-refractivity contribution in [3.63, 3.8) is 0 Å². The second-order valence-corrected chi connectivity index (χ2v) is 7.96. The van der Waals surface area contributed by atoms with Gasteiger partial charge in [-0.25, -0.2) is 13.2 Å². The predicted octanol–water partition coefficient (Wildman–Crippen LogP) is 2.64. The Kier molecular flexibility index (Phi) is 5.42. The number of carboxylic acids is 1. The number of hydrogen-bond acceptors (Lipinski definition) is 4. The van der Waals surface area contributed by atoms with Gasteiger partial charge in [0.05, 0.1) is 4.90 Å². The van der Waals surface area contributed by atoms with Crippen LogP contribution in [0.15, 0.2) is 65.7 Å². The van der Waals surface area contributed by atoms with Crippen molar-refractivity contribution in [2.45, 2.75) is 11.8 Å². The highest BCUT2D eigenvalue weighted by molar-refractivity contribution is 7.92. The molecular weight excluding hydrogens is 394 g/mol. The third-order valence-corrected chi connectivity index (χ3v) is 5.73. The number of benzene rings is 2. The molecule has 1 aromatic heterocycles. The van der Waals surface area contributed by atoms with Crippen LogP contribution in [0.25, 0.3) is 5.69 Å². The molecule has 3 rings (SSSR count). The zero-order valence-electron chi connectivity index (χ0n) is 15.7. The van der Waals surface area contributed by atoms with Gasteiger partial charge in [0.2, 0.25) is 0 Å². The maximum Gasteiger partial charge on any atom is 0.352 e. The number of carboxylic acid groups (broad SMARTS) is 1. The zero-order chi connectivity index (χ0) is 21.2. The fraction of sp³-hybridized carbons (Fsp3) is 0.100. The minimum Gasteiger partial charge on any atom is -0.477 e. The summed E-state index contributed by atoms with van der Waals surface area (Å²) >= 11 is 0. The van der Waals surface area contributed by atoms with E-state index in [-0.39, 0.29) is 16.5 Å². The molecule has 29 heavy (non-hydrogen) atoms. The average Bonchev–Trinajstić information content (AvgIpc) is 3.17. The summed E-state index contributed by atoms with van der Waals surface area (Å²) in [6.07, 6.45) is 1.63. The molecule has 2 aromatic carbocycles. The number of carbonyl (C=O) groups excluding carboxylic acids is 1. The van der Waals surface area contributed by atoms with Gasteiger partial charge in [0.1, 0.15) is 5.69 Å². The van der Waals surface area contributed by atoms with E-state index >= 15 is 0 Å². The molecule has 0 bridgehead atoms. The van der Waals surface area contributed by atoms with Crippen molar-refractivity contribution in [1.29, 1.82) is 0 Å². The lowest BCUT2D eigenvalue weighted by Crippen LogP contribution is -2.18. The van der Waals surface area contributed by atoms with Gasteiger partial charge in [0.25, 0.3) is 15.9 Å². The maximum atomic E-state index is 12.6. The summed E-state index contributed by atoms with van der Waals surface area (Å²) in [5.41, 5.74) is 2.13. The minimum absolute atomic E-state index is 0.0189. The van der Waals surface area contributed by atoms with Crippen LogP contribution in [0, 0.1) is 6.92 Å². The molecule has 1 heterocycles. The number of anilines is 1. The lowest BCUT2D eigenvalue weighted by molar-refractivity contribution is 0.0688. The Morgan fingerprint density at radius 3 is 2.31 bits per heavy atom. The Bertz CT molecular complexity index is 1180. The lowest BCUT2D eigenvalue weighted by atomic mass is 10.1. The van der Waals surface area contributed by atoms with Crippen LogP contribution in [-0.4, -0.2) is 37.0 Å². The average molecular weight is 413 g/mol. The van der Waals surface area contributed by atoms with E-state index in [2.05, 4.69) is 10.0 Å². The number of amides is 1.